The zero-order valence-corrected chi connectivity index (χ0v) is 12.6. The first-order chi connectivity index (χ1) is 8.70. The number of pyridine rings is 1. The molecule has 0 amide bonds. The van der Waals surface area contributed by atoms with Crippen LogP contribution in [0.15, 0.2) is 40.4 Å². The minimum atomic E-state index is 0.208. The van der Waals surface area contributed by atoms with Gasteiger partial charge in [0.1, 0.15) is 0 Å². The van der Waals surface area contributed by atoms with E-state index < -0.39 is 0 Å². The molecule has 2 N–H and O–H groups in total. The van der Waals surface area contributed by atoms with Gasteiger partial charge in [0.05, 0.1) is 0 Å². The van der Waals surface area contributed by atoms with Crippen molar-refractivity contribution in [3.8, 4) is 0 Å². The van der Waals surface area contributed by atoms with E-state index in [1.165, 1.54) is 4.88 Å². The van der Waals surface area contributed by atoms with E-state index in [-0.39, 0.29) is 6.04 Å². The van der Waals surface area contributed by atoms with Crippen molar-refractivity contribution in [1.82, 2.24) is 9.88 Å². The molecule has 0 spiro atoms. The number of rotatable bonds is 5. The van der Waals surface area contributed by atoms with E-state index in [9.17, 15) is 0 Å². The van der Waals surface area contributed by atoms with Crippen LogP contribution in [0.5, 0.6) is 0 Å². The Labute approximate surface area is 120 Å². The van der Waals surface area contributed by atoms with Gasteiger partial charge in [-0.2, -0.15) is 0 Å². The zero-order chi connectivity index (χ0) is 13.0. The van der Waals surface area contributed by atoms with Crippen LogP contribution in [-0.2, 0) is 6.54 Å². The van der Waals surface area contributed by atoms with Crippen molar-refractivity contribution < 1.29 is 0 Å². The molecule has 0 bridgehead atoms. The number of nitrogens with zero attached hydrogens (tertiary/aromatic N) is 2. The monoisotopic (exact) mass is 325 g/mol. The van der Waals surface area contributed by atoms with Crippen LogP contribution in [-0.4, -0.2) is 23.5 Å². The highest BCUT2D eigenvalue weighted by atomic mass is 79.9. The fourth-order valence-corrected chi connectivity index (χ4v) is 3.45. The number of likely N-dealkylation sites (N-methyl/N-ethyl adjacent to an activating group) is 1. The Kier molecular flexibility index (Phi) is 4.88. The molecule has 18 heavy (non-hydrogen) atoms. The minimum Gasteiger partial charge on any atom is -0.329 e. The van der Waals surface area contributed by atoms with E-state index in [4.69, 9.17) is 5.73 Å². The molecule has 1 unspecified atom stereocenters. The van der Waals surface area contributed by atoms with E-state index in [2.05, 4.69) is 50.4 Å². The van der Waals surface area contributed by atoms with Crippen LogP contribution in [0.2, 0.25) is 0 Å². The van der Waals surface area contributed by atoms with E-state index in [0.717, 1.165) is 16.6 Å². The highest BCUT2D eigenvalue weighted by molar-refractivity contribution is 9.10. The SMILES string of the molecule is CN(Cc1cc(Br)cs1)C(CN)c1cccnc1. The molecule has 0 aromatic carbocycles. The van der Waals surface area contributed by atoms with Crippen LogP contribution in [0.4, 0.5) is 0 Å². The number of hydrogen-bond donors (Lipinski definition) is 1. The average molecular weight is 326 g/mol. The van der Waals surface area contributed by atoms with Crippen molar-refractivity contribution in [3.05, 3.63) is 50.9 Å². The van der Waals surface area contributed by atoms with Crippen molar-refractivity contribution in [2.24, 2.45) is 5.73 Å². The molecule has 0 saturated heterocycles. The lowest BCUT2D eigenvalue weighted by atomic mass is 10.1. The van der Waals surface area contributed by atoms with Gasteiger partial charge in [-0.25, -0.2) is 0 Å². The maximum absolute atomic E-state index is 5.89. The second kappa shape index (κ2) is 6.43. The van der Waals surface area contributed by atoms with Gasteiger partial charge in [0.2, 0.25) is 0 Å². The Hall–Kier alpha value is -0.750. The molecule has 2 aromatic rings. The molecule has 1 atom stereocenters. The van der Waals surface area contributed by atoms with Gasteiger partial charge in [-0.3, -0.25) is 9.88 Å². The fraction of sp³-hybridized carbons (Fsp3) is 0.308. The fourth-order valence-electron chi connectivity index (χ4n) is 1.94. The Bertz CT molecular complexity index is 486. The summed E-state index contributed by atoms with van der Waals surface area (Å²) in [5, 5.41) is 2.10. The van der Waals surface area contributed by atoms with Gasteiger partial charge in [-0.15, -0.1) is 11.3 Å². The second-order valence-electron chi connectivity index (χ2n) is 4.18. The Morgan fingerprint density at radius 1 is 1.56 bits per heavy atom. The lowest BCUT2D eigenvalue weighted by molar-refractivity contribution is 0.243. The molecule has 0 aliphatic carbocycles. The van der Waals surface area contributed by atoms with Crippen LogP contribution in [0, 0.1) is 0 Å². The molecule has 0 aliphatic rings. The first-order valence-corrected chi connectivity index (χ1v) is 7.41. The lowest BCUT2D eigenvalue weighted by Crippen LogP contribution is -2.30. The second-order valence-corrected chi connectivity index (χ2v) is 6.10. The molecule has 2 heterocycles. The summed E-state index contributed by atoms with van der Waals surface area (Å²) < 4.78 is 1.14. The topological polar surface area (TPSA) is 42.1 Å². The van der Waals surface area contributed by atoms with Crippen LogP contribution in [0.3, 0.4) is 0 Å². The molecule has 2 aromatic heterocycles. The number of halogens is 1. The van der Waals surface area contributed by atoms with Crippen molar-refractivity contribution >= 4 is 27.3 Å². The molecular formula is C13H16BrN3S. The van der Waals surface area contributed by atoms with Crippen molar-refractivity contribution in [2.75, 3.05) is 13.6 Å². The maximum atomic E-state index is 5.89. The number of aromatic nitrogens is 1. The molecule has 3 nitrogen and oxygen atoms in total. The molecule has 0 radical (unpaired) electrons. The van der Waals surface area contributed by atoms with E-state index in [0.29, 0.717) is 6.54 Å². The van der Waals surface area contributed by atoms with Crippen molar-refractivity contribution in [2.45, 2.75) is 12.6 Å². The molecule has 2 rings (SSSR count). The summed E-state index contributed by atoms with van der Waals surface area (Å²) in [4.78, 5) is 7.74. The zero-order valence-electron chi connectivity index (χ0n) is 10.2. The number of nitrogens with two attached hydrogens (primary N) is 1. The molecule has 0 aliphatic heterocycles. The maximum Gasteiger partial charge on any atom is 0.0486 e. The summed E-state index contributed by atoms with van der Waals surface area (Å²) in [5.74, 6) is 0. The largest absolute Gasteiger partial charge is 0.329 e. The van der Waals surface area contributed by atoms with Gasteiger partial charge in [0.25, 0.3) is 0 Å². The summed E-state index contributed by atoms with van der Waals surface area (Å²) >= 11 is 5.23. The lowest BCUT2D eigenvalue weighted by Gasteiger charge is -2.26. The number of hydrogen-bond acceptors (Lipinski definition) is 4. The normalized spacial score (nSPS) is 12.9. The van der Waals surface area contributed by atoms with Crippen LogP contribution in [0.25, 0.3) is 0 Å². The van der Waals surface area contributed by atoms with E-state index in [1.807, 2.05) is 12.3 Å². The standard InChI is InChI=1S/C13H16BrN3S/c1-17(8-12-5-11(14)9-18-12)13(6-15)10-3-2-4-16-7-10/h2-5,7,9,13H,6,8,15H2,1H3. The summed E-state index contributed by atoms with van der Waals surface area (Å²) in [6.45, 7) is 1.49. The molecule has 0 fully saturated rings. The highest BCUT2D eigenvalue weighted by Crippen LogP contribution is 2.24. The summed E-state index contributed by atoms with van der Waals surface area (Å²) in [7, 11) is 2.10. The van der Waals surface area contributed by atoms with Crippen molar-refractivity contribution in [1.29, 1.82) is 0 Å². The predicted molar refractivity (Wildman–Crippen MR) is 79.5 cm³/mol. The molecule has 0 saturated carbocycles. The highest BCUT2D eigenvalue weighted by Gasteiger charge is 2.16. The van der Waals surface area contributed by atoms with Gasteiger partial charge >= 0.3 is 0 Å². The number of thiophene rings is 1. The molecule has 5 heteroatoms. The van der Waals surface area contributed by atoms with Gasteiger partial charge in [0, 0.05) is 46.3 Å². The van der Waals surface area contributed by atoms with Crippen LogP contribution in [0.1, 0.15) is 16.5 Å². The predicted octanol–water partition coefficient (Wildman–Crippen LogP) is 3.04. The minimum absolute atomic E-state index is 0.208. The third kappa shape index (κ3) is 3.38. The average Bonchev–Trinajstić information content (AvgIpc) is 2.77. The van der Waals surface area contributed by atoms with Crippen molar-refractivity contribution in [3.63, 3.8) is 0 Å². The van der Waals surface area contributed by atoms with E-state index in [1.54, 1.807) is 17.5 Å². The summed E-state index contributed by atoms with van der Waals surface area (Å²) in [5.41, 5.74) is 7.05. The molecular weight excluding hydrogens is 310 g/mol. The third-order valence-electron chi connectivity index (χ3n) is 2.85. The van der Waals surface area contributed by atoms with Crippen LogP contribution < -0.4 is 5.73 Å². The van der Waals surface area contributed by atoms with Gasteiger partial charge < -0.3 is 5.73 Å². The Morgan fingerprint density at radius 2 is 2.39 bits per heavy atom. The Balaban J connectivity index is 2.08. The van der Waals surface area contributed by atoms with Gasteiger partial charge in [0.15, 0.2) is 0 Å². The Morgan fingerprint density at radius 3 is 2.94 bits per heavy atom. The van der Waals surface area contributed by atoms with Gasteiger partial charge in [-0.05, 0) is 40.7 Å². The summed E-state index contributed by atoms with van der Waals surface area (Å²) in [6.07, 6.45) is 3.67. The first-order valence-electron chi connectivity index (χ1n) is 5.74. The summed E-state index contributed by atoms with van der Waals surface area (Å²) in [6, 6.07) is 6.39. The first kappa shape index (κ1) is 13.7. The quantitative estimate of drug-likeness (QED) is 0.918. The third-order valence-corrected chi connectivity index (χ3v) is 4.53. The van der Waals surface area contributed by atoms with E-state index >= 15 is 0 Å². The van der Waals surface area contributed by atoms with Gasteiger partial charge in [-0.1, -0.05) is 6.07 Å². The smallest absolute Gasteiger partial charge is 0.0486 e. The molecule has 96 valence electrons. The van der Waals surface area contributed by atoms with Crippen LogP contribution >= 0.6 is 27.3 Å².